The Labute approximate surface area is 134 Å². The fourth-order valence-corrected chi connectivity index (χ4v) is 2.24. The van der Waals surface area contributed by atoms with Crippen molar-refractivity contribution in [3.63, 3.8) is 0 Å². The van der Waals surface area contributed by atoms with Crippen LogP contribution in [-0.2, 0) is 14.4 Å². The maximum absolute atomic E-state index is 12.0. The third-order valence-electron chi connectivity index (χ3n) is 3.55. The zero-order chi connectivity index (χ0) is 17.2. The van der Waals surface area contributed by atoms with Crippen LogP contribution < -0.4 is 10.6 Å². The lowest BCUT2D eigenvalue weighted by Gasteiger charge is -2.24. The van der Waals surface area contributed by atoms with Crippen LogP contribution in [0.25, 0.3) is 0 Å². The number of hydrogen-bond acceptors (Lipinski definition) is 4. The number of rotatable bonds is 3. The predicted molar refractivity (Wildman–Crippen MR) is 83.9 cm³/mol. The van der Waals surface area contributed by atoms with E-state index in [9.17, 15) is 4.79 Å². The Morgan fingerprint density at radius 3 is 2.09 bits per heavy atom. The molecule has 1 aromatic carbocycles. The summed E-state index contributed by atoms with van der Waals surface area (Å²) in [6.07, 6.45) is 1.90. The molecule has 1 aromatic rings. The molecule has 1 unspecified atom stereocenters. The van der Waals surface area contributed by atoms with E-state index in [-0.39, 0.29) is 17.9 Å². The quantitative estimate of drug-likeness (QED) is 0.618. The Balaban J connectivity index is 0.000000379. The van der Waals surface area contributed by atoms with Crippen molar-refractivity contribution < 1.29 is 24.6 Å². The lowest BCUT2D eigenvalue weighted by atomic mass is 9.96. The molecule has 1 heterocycles. The number of carboxylic acid groups (broad SMARTS) is 2. The molecule has 7 heteroatoms. The number of aliphatic carboxylic acids is 2. The number of piperidine rings is 1. The summed E-state index contributed by atoms with van der Waals surface area (Å²) in [5.74, 6) is -3.27. The third kappa shape index (κ3) is 6.92. The van der Waals surface area contributed by atoms with Gasteiger partial charge in [0, 0.05) is 5.92 Å². The van der Waals surface area contributed by atoms with Crippen molar-refractivity contribution in [1.29, 1.82) is 0 Å². The van der Waals surface area contributed by atoms with Gasteiger partial charge in [0.25, 0.3) is 0 Å². The highest BCUT2D eigenvalue weighted by molar-refractivity contribution is 6.27. The van der Waals surface area contributed by atoms with E-state index in [1.54, 1.807) is 0 Å². The summed E-state index contributed by atoms with van der Waals surface area (Å²) in [6.45, 7) is 3.95. The molecule has 0 aliphatic carbocycles. The lowest BCUT2D eigenvalue weighted by molar-refractivity contribution is -0.159. The summed E-state index contributed by atoms with van der Waals surface area (Å²) in [5.41, 5.74) is 1.16. The molecule has 0 bridgehead atoms. The molecule has 0 radical (unpaired) electrons. The van der Waals surface area contributed by atoms with Gasteiger partial charge >= 0.3 is 11.9 Å². The van der Waals surface area contributed by atoms with Crippen molar-refractivity contribution >= 4 is 17.8 Å². The minimum absolute atomic E-state index is 0.0959. The van der Waals surface area contributed by atoms with Crippen LogP contribution in [-0.4, -0.2) is 41.1 Å². The van der Waals surface area contributed by atoms with Gasteiger partial charge in [-0.05, 0) is 38.4 Å². The highest BCUT2D eigenvalue weighted by Gasteiger charge is 2.22. The highest BCUT2D eigenvalue weighted by Crippen LogP contribution is 2.16. The van der Waals surface area contributed by atoms with Gasteiger partial charge in [0.2, 0.25) is 5.91 Å². The van der Waals surface area contributed by atoms with Gasteiger partial charge < -0.3 is 20.8 Å². The normalized spacial score (nSPS) is 15.7. The van der Waals surface area contributed by atoms with Crippen LogP contribution in [0.1, 0.15) is 31.4 Å². The molecule has 2 rings (SSSR count). The molecular weight excluding hydrogens is 300 g/mol. The summed E-state index contributed by atoms with van der Waals surface area (Å²) in [7, 11) is 0. The predicted octanol–water partition coefficient (Wildman–Crippen LogP) is 1.02. The van der Waals surface area contributed by atoms with Crippen LogP contribution in [0, 0.1) is 5.92 Å². The van der Waals surface area contributed by atoms with Crippen LogP contribution in [0.4, 0.5) is 0 Å². The van der Waals surface area contributed by atoms with E-state index in [4.69, 9.17) is 19.8 Å². The molecule has 1 saturated heterocycles. The summed E-state index contributed by atoms with van der Waals surface area (Å²) in [5, 5.41) is 21.2. The van der Waals surface area contributed by atoms with Crippen molar-refractivity contribution in [2.75, 3.05) is 13.1 Å². The standard InChI is InChI=1S/C14H20N2O.C2H2O4/c1-11(12-5-3-2-4-6-12)16-14(17)13-7-9-15-10-8-13;3-1(4)2(5)6/h2-6,11,13,15H,7-10H2,1H3,(H,16,17);(H,3,4)(H,5,6). The van der Waals surface area contributed by atoms with Crippen LogP contribution in [0.2, 0.25) is 0 Å². The molecule has 1 amide bonds. The fourth-order valence-electron chi connectivity index (χ4n) is 2.24. The van der Waals surface area contributed by atoms with Crippen LogP contribution in [0.3, 0.4) is 0 Å². The van der Waals surface area contributed by atoms with Gasteiger partial charge in [0.15, 0.2) is 0 Å². The second-order valence-electron chi connectivity index (χ2n) is 5.28. The molecule has 0 spiro atoms. The van der Waals surface area contributed by atoms with Gasteiger partial charge in [-0.1, -0.05) is 30.3 Å². The minimum Gasteiger partial charge on any atom is -0.473 e. The topological polar surface area (TPSA) is 116 Å². The average molecular weight is 322 g/mol. The summed E-state index contributed by atoms with van der Waals surface area (Å²) >= 11 is 0. The number of nitrogens with one attached hydrogen (secondary N) is 2. The number of carboxylic acids is 2. The van der Waals surface area contributed by atoms with E-state index in [1.807, 2.05) is 37.3 Å². The number of carbonyl (C=O) groups is 3. The van der Waals surface area contributed by atoms with E-state index in [0.29, 0.717) is 0 Å². The summed E-state index contributed by atoms with van der Waals surface area (Å²) in [6, 6.07) is 10.2. The zero-order valence-electron chi connectivity index (χ0n) is 13.0. The van der Waals surface area contributed by atoms with E-state index < -0.39 is 11.9 Å². The van der Waals surface area contributed by atoms with Gasteiger partial charge in [-0.3, -0.25) is 4.79 Å². The van der Waals surface area contributed by atoms with Crippen LogP contribution in [0.5, 0.6) is 0 Å². The van der Waals surface area contributed by atoms with E-state index in [1.165, 1.54) is 0 Å². The number of benzene rings is 1. The fraction of sp³-hybridized carbons (Fsp3) is 0.438. The Kier molecular flexibility index (Phi) is 7.76. The minimum atomic E-state index is -1.82. The molecule has 23 heavy (non-hydrogen) atoms. The van der Waals surface area contributed by atoms with Gasteiger partial charge in [-0.2, -0.15) is 0 Å². The first-order valence-corrected chi connectivity index (χ1v) is 7.44. The van der Waals surface area contributed by atoms with Gasteiger partial charge in [0.1, 0.15) is 0 Å². The van der Waals surface area contributed by atoms with Crippen molar-refractivity contribution in [2.24, 2.45) is 5.92 Å². The van der Waals surface area contributed by atoms with Crippen molar-refractivity contribution in [3.8, 4) is 0 Å². The van der Waals surface area contributed by atoms with Gasteiger partial charge in [-0.15, -0.1) is 0 Å². The molecule has 1 aliphatic heterocycles. The maximum Gasteiger partial charge on any atom is 0.414 e. The number of carbonyl (C=O) groups excluding carboxylic acids is 1. The van der Waals surface area contributed by atoms with Crippen molar-refractivity contribution in [3.05, 3.63) is 35.9 Å². The number of hydrogen-bond donors (Lipinski definition) is 4. The molecule has 1 aliphatic rings. The van der Waals surface area contributed by atoms with Crippen molar-refractivity contribution in [1.82, 2.24) is 10.6 Å². The maximum atomic E-state index is 12.0. The van der Waals surface area contributed by atoms with E-state index in [0.717, 1.165) is 31.5 Å². The second kappa shape index (κ2) is 9.58. The second-order valence-corrected chi connectivity index (χ2v) is 5.28. The average Bonchev–Trinajstić information content (AvgIpc) is 2.57. The highest BCUT2D eigenvalue weighted by atomic mass is 16.4. The largest absolute Gasteiger partial charge is 0.473 e. The molecule has 1 atom stereocenters. The Bertz CT molecular complexity index is 515. The van der Waals surface area contributed by atoms with E-state index in [2.05, 4.69) is 10.6 Å². The Hall–Kier alpha value is -2.41. The van der Waals surface area contributed by atoms with Crippen LogP contribution in [0.15, 0.2) is 30.3 Å². The monoisotopic (exact) mass is 322 g/mol. The SMILES string of the molecule is CC(NC(=O)C1CCNCC1)c1ccccc1.O=C(O)C(=O)O. The molecule has 4 N–H and O–H groups in total. The molecule has 0 aromatic heterocycles. The number of amides is 1. The molecular formula is C16H22N2O5. The molecule has 126 valence electrons. The van der Waals surface area contributed by atoms with Crippen LogP contribution >= 0.6 is 0 Å². The Morgan fingerprint density at radius 2 is 1.61 bits per heavy atom. The molecule has 1 fully saturated rings. The van der Waals surface area contributed by atoms with Crippen molar-refractivity contribution in [2.45, 2.75) is 25.8 Å². The molecule has 7 nitrogen and oxygen atoms in total. The van der Waals surface area contributed by atoms with Gasteiger partial charge in [0.05, 0.1) is 6.04 Å². The first kappa shape index (κ1) is 18.6. The summed E-state index contributed by atoms with van der Waals surface area (Å²) in [4.78, 5) is 30.2. The molecule has 0 saturated carbocycles. The zero-order valence-corrected chi connectivity index (χ0v) is 13.0. The lowest BCUT2D eigenvalue weighted by Crippen LogP contribution is -2.39. The Morgan fingerprint density at radius 1 is 1.09 bits per heavy atom. The van der Waals surface area contributed by atoms with E-state index >= 15 is 0 Å². The smallest absolute Gasteiger partial charge is 0.414 e. The third-order valence-corrected chi connectivity index (χ3v) is 3.55. The first-order chi connectivity index (χ1) is 10.9. The van der Waals surface area contributed by atoms with Gasteiger partial charge in [-0.25, -0.2) is 9.59 Å². The first-order valence-electron chi connectivity index (χ1n) is 7.44. The summed E-state index contributed by atoms with van der Waals surface area (Å²) < 4.78 is 0.